The van der Waals surface area contributed by atoms with Crippen LogP contribution in [0, 0.1) is 6.92 Å². The third-order valence-corrected chi connectivity index (χ3v) is 5.25. The van der Waals surface area contributed by atoms with Gasteiger partial charge in [0.1, 0.15) is 18.8 Å². The number of esters is 1. The third kappa shape index (κ3) is 4.43. The molecule has 1 aliphatic rings. The minimum absolute atomic E-state index is 0.104. The second-order valence-corrected chi connectivity index (χ2v) is 7.77. The van der Waals surface area contributed by atoms with E-state index < -0.39 is 5.97 Å². The molecule has 0 saturated carbocycles. The van der Waals surface area contributed by atoms with Gasteiger partial charge in [0.05, 0.1) is 0 Å². The molecular formula is C22H20BrNO6. The molecule has 8 heteroatoms. The van der Waals surface area contributed by atoms with Crippen LogP contribution < -0.4 is 14.8 Å². The summed E-state index contributed by atoms with van der Waals surface area (Å²) in [5.41, 5.74) is 2.28. The number of benzene rings is 2. The lowest BCUT2D eigenvalue weighted by atomic mass is 10.1. The largest absolute Gasteiger partial charge is 0.486 e. The molecule has 0 unspecified atom stereocenters. The molecule has 0 bridgehead atoms. The predicted molar refractivity (Wildman–Crippen MR) is 113 cm³/mol. The quantitative estimate of drug-likeness (QED) is 0.548. The Morgan fingerprint density at radius 2 is 1.90 bits per heavy atom. The molecule has 156 valence electrons. The van der Waals surface area contributed by atoms with Crippen LogP contribution in [0.4, 0.5) is 0 Å². The second-order valence-electron chi connectivity index (χ2n) is 6.85. The van der Waals surface area contributed by atoms with Crippen molar-refractivity contribution in [3.8, 4) is 11.5 Å². The zero-order valence-electron chi connectivity index (χ0n) is 16.3. The summed E-state index contributed by atoms with van der Waals surface area (Å²) in [5, 5.41) is 3.56. The average molecular weight is 474 g/mol. The maximum atomic E-state index is 12.3. The van der Waals surface area contributed by atoms with E-state index in [1.54, 1.807) is 13.0 Å². The molecule has 30 heavy (non-hydrogen) atoms. The predicted octanol–water partition coefficient (Wildman–Crippen LogP) is 3.79. The Bertz CT molecular complexity index is 1110. The van der Waals surface area contributed by atoms with Crippen LogP contribution >= 0.6 is 15.9 Å². The second kappa shape index (κ2) is 8.79. The summed E-state index contributed by atoms with van der Waals surface area (Å²) in [6, 6.07) is 11.2. The van der Waals surface area contributed by atoms with Gasteiger partial charge in [0.2, 0.25) is 5.76 Å². The van der Waals surface area contributed by atoms with Gasteiger partial charge in [-0.25, -0.2) is 4.79 Å². The highest BCUT2D eigenvalue weighted by Crippen LogP contribution is 2.31. The van der Waals surface area contributed by atoms with Gasteiger partial charge in [0.15, 0.2) is 18.1 Å². The van der Waals surface area contributed by atoms with Crippen molar-refractivity contribution in [3.05, 3.63) is 57.8 Å². The van der Waals surface area contributed by atoms with Crippen molar-refractivity contribution in [3.63, 3.8) is 0 Å². The zero-order chi connectivity index (χ0) is 21.1. The molecule has 0 spiro atoms. The van der Waals surface area contributed by atoms with Gasteiger partial charge >= 0.3 is 5.97 Å². The fourth-order valence-electron chi connectivity index (χ4n) is 3.23. The van der Waals surface area contributed by atoms with Crippen LogP contribution in [0.3, 0.4) is 0 Å². The van der Waals surface area contributed by atoms with Gasteiger partial charge in [0.25, 0.3) is 5.91 Å². The molecule has 4 rings (SSSR count). The van der Waals surface area contributed by atoms with E-state index in [-0.39, 0.29) is 18.3 Å². The lowest BCUT2D eigenvalue weighted by molar-refractivity contribution is -0.124. The molecule has 1 aliphatic heterocycles. The van der Waals surface area contributed by atoms with Crippen molar-refractivity contribution < 1.29 is 28.2 Å². The number of carbonyl (C=O) groups excluding carboxylic acids is 2. The van der Waals surface area contributed by atoms with Gasteiger partial charge in [-0.1, -0.05) is 22.0 Å². The number of halogens is 1. The van der Waals surface area contributed by atoms with E-state index in [1.165, 1.54) is 0 Å². The summed E-state index contributed by atoms with van der Waals surface area (Å²) in [6.45, 7) is 2.89. The van der Waals surface area contributed by atoms with Gasteiger partial charge in [0, 0.05) is 22.0 Å². The molecule has 0 radical (unpaired) electrons. The minimum atomic E-state index is -0.665. The van der Waals surface area contributed by atoms with Gasteiger partial charge in [-0.05, 0) is 49.2 Å². The summed E-state index contributed by atoms with van der Waals surface area (Å²) in [5.74, 6) is 0.507. The number of ether oxygens (including phenoxy) is 3. The number of hydrogen-bond acceptors (Lipinski definition) is 6. The van der Waals surface area contributed by atoms with Crippen LogP contribution in [0.1, 0.15) is 21.7 Å². The fraction of sp³-hybridized carbons (Fsp3) is 0.273. The number of furan rings is 1. The third-order valence-electron chi connectivity index (χ3n) is 4.76. The Kier molecular flexibility index (Phi) is 5.94. The van der Waals surface area contributed by atoms with E-state index in [0.29, 0.717) is 43.1 Å². The smallest absolute Gasteiger partial charge is 0.375 e. The van der Waals surface area contributed by atoms with Crippen molar-refractivity contribution in [2.24, 2.45) is 0 Å². The van der Waals surface area contributed by atoms with Crippen LogP contribution in [0.5, 0.6) is 11.5 Å². The Labute approximate surface area is 181 Å². The Balaban J connectivity index is 1.27. The van der Waals surface area contributed by atoms with Gasteiger partial charge in [-0.3, -0.25) is 4.79 Å². The topological polar surface area (TPSA) is 87.0 Å². The summed E-state index contributed by atoms with van der Waals surface area (Å²) in [6.07, 6.45) is 0.619. The van der Waals surface area contributed by atoms with E-state index in [1.807, 2.05) is 30.3 Å². The molecular weight excluding hydrogens is 454 g/mol. The SMILES string of the molecule is Cc1c(C(=O)OCC(=O)NCCc2ccc3c(c2)OCCO3)oc2ccc(Br)cc12. The number of nitrogens with one attached hydrogen (secondary N) is 1. The van der Waals surface area contributed by atoms with Crippen molar-refractivity contribution in [2.75, 3.05) is 26.4 Å². The van der Waals surface area contributed by atoms with Gasteiger partial charge in [-0.15, -0.1) is 0 Å². The molecule has 0 atom stereocenters. The maximum Gasteiger partial charge on any atom is 0.375 e. The lowest BCUT2D eigenvalue weighted by Gasteiger charge is -2.18. The first-order valence-electron chi connectivity index (χ1n) is 9.52. The zero-order valence-corrected chi connectivity index (χ0v) is 17.9. The lowest BCUT2D eigenvalue weighted by Crippen LogP contribution is -2.30. The molecule has 1 amide bonds. The first kappa shape index (κ1) is 20.3. The Hall–Kier alpha value is -3.00. The van der Waals surface area contributed by atoms with Crippen molar-refractivity contribution >= 4 is 38.8 Å². The van der Waals surface area contributed by atoms with Crippen LogP contribution in [0.25, 0.3) is 11.0 Å². The van der Waals surface area contributed by atoms with Gasteiger partial charge < -0.3 is 23.9 Å². The number of hydrogen-bond donors (Lipinski definition) is 1. The van der Waals surface area contributed by atoms with Crippen molar-refractivity contribution in [2.45, 2.75) is 13.3 Å². The van der Waals surface area contributed by atoms with Crippen molar-refractivity contribution in [1.29, 1.82) is 0 Å². The highest BCUT2D eigenvalue weighted by atomic mass is 79.9. The summed E-state index contributed by atoms with van der Waals surface area (Å²) < 4.78 is 22.6. The highest BCUT2D eigenvalue weighted by Gasteiger charge is 2.20. The monoisotopic (exact) mass is 473 g/mol. The van der Waals surface area contributed by atoms with E-state index in [2.05, 4.69) is 21.2 Å². The number of rotatable bonds is 6. The molecule has 0 saturated heterocycles. The standard InChI is InChI=1S/C22H20BrNO6/c1-13-16-11-15(23)3-5-17(16)30-21(13)22(26)29-12-20(25)24-7-6-14-2-4-18-19(10-14)28-9-8-27-18/h2-5,10-11H,6-9,12H2,1H3,(H,24,25). The molecule has 3 aromatic rings. The highest BCUT2D eigenvalue weighted by molar-refractivity contribution is 9.10. The van der Waals surface area contributed by atoms with Crippen LogP contribution in [0.2, 0.25) is 0 Å². The number of amides is 1. The first-order valence-corrected chi connectivity index (χ1v) is 10.3. The number of carbonyl (C=O) groups is 2. The van der Waals surface area contributed by atoms with E-state index in [9.17, 15) is 9.59 Å². The summed E-state index contributed by atoms with van der Waals surface area (Å²) in [7, 11) is 0. The van der Waals surface area contributed by atoms with E-state index >= 15 is 0 Å². The fourth-order valence-corrected chi connectivity index (χ4v) is 3.59. The molecule has 2 heterocycles. The molecule has 1 aromatic heterocycles. The van der Waals surface area contributed by atoms with Crippen LogP contribution in [0.15, 0.2) is 45.3 Å². The van der Waals surface area contributed by atoms with E-state index in [4.69, 9.17) is 18.6 Å². The summed E-state index contributed by atoms with van der Waals surface area (Å²) >= 11 is 3.40. The molecule has 0 fully saturated rings. The Morgan fingerprint density at radius 1 is 1.10 bits per heavy atom. The minimum Gasteiger partial charge on any atom is -0.486 e. The van der Waals surface area contributed by atoms with Crippen LogP contribution in [-0.4, -0.2) is 38.2 Å². The normalized spacial score (nSPS) is 12.6. The van der Waals surface area contributed by atoms with E-state index in [0.717, 1.165) is 21.2 Å². The Morgan fingerprint density at radius 3 is 2.73 bits per heavy atom. The van der Waals surface area contributed by atoms with Crippen LogP contribution in [-0.2, 0) is 16.0 Å². The molecule has 2 aromatic carbocycles. The molecule has 0 aliphatic carbocycles. The number of aryl methyl sites for hydroxylation is 1. The number of fused-ring (bicyclic) bond motifs is 2. The molecule has 1 N–H and O–H groups in total. The first-order chi connectivity index (χ1) is 14.5. The average Bonchev–Trinajstić information content (AvgIpc) is 3.08. The maximum absolute atomic E-state index is 12.3. The van der Waals surface area contributed by atoms with Crippen molar-refractivity contribution in [1.82, 2.24) is 5.32 Å². The summed E-state index contributed by atoms with van der Waals surface area (Å²) in [4.78, 5) is 24.4. The molecule has 7 nitrogen and oxygen atoms in total. The van der Waals surface area contributed by atoms with Gasteiger partial charge in [-0.2, -0.15) is 0 Å².